The first-order chi connectivity index (χ1) is 15.5. The first-order valence-electron chi connectivity index (χ1n) is 9.92. The van der Waals surface area contributed by atoms with Crippen molar-refractivity contribution in [2.75, 3.05) is 37.9 Å². The van der Waals surface area contributed by atoms with Gasteiger partial charge >= 0.3 is 11.9 Å². The van der Waals surface area contributed by atoms with Crippen molar-refractivity contribution in [3.8, 4) is 11.5 Å². The molecule has 3 aromatic rings. The highest BCUT2D eigenvalue weighted by Gasteiger charge is 2.08. The van der Waals surface area contributed by atoms with Crippen LogP contribution in [0.25, 0.3) is 0 Å². The normalized spacial score (nSPS) is 10.2. The van der Waals surface area contributed by atoms with Crippen LogP contribution in [0.4, 0.5) is 11.4 Å². The Kier molecular flexibility index (Phi) is 7.91. The van der Waals surface area contributed by atoms with Gasteiger partial charge in [-0.2, -0.15) is 0 Å². The van der Waals surface area contributed by atoms with Gasteiger partial charge in [0.05, 0.1) is 11.1 Å². The lowest BCUT2D eigenvalue weighted by Crippen LogP contribution is -2.13. The van der Waals surface area contributed by atoms with Crippen molar-refractivity contribution in [2.24, 2.45) is 0 Å². The molecule has 0 aromatic heterocycles. The maximum absolute atomic E-state index is 11.9. The zero-order valence-electron chi connectivity index (χ0n) is 17.4. The second kappa shape index (κ2) is 11.3. The van der Waals surface area contributed by atoms with Crippen molar-refractivity contribution in [3.63, 3.8) is 0 Å². The van der Waals surface area contributed by atoms with Gasteiger partial charge in [0.1, 0.15) is 37.9 Å². The molecule has 0 aliphatic carbocycles. The van der Waals surface area contributed by atoms with Gasteiger partial charge in [-0.25, -0.2) is 9.59 Å². The molecule has 8 nitrogen and oxygen atoms in total. The molecular weight excluding hydrogens is 412 g/mol. The van der Waals surface area contributed by atoms with Crippen LogP contribution < -0.4 is 20.9 Å². The second-order valence-corrected chi connectivity index (χ2v) is 6.68. The summed E-state index contributed by atoms with van der Waals surface area (Å²) in [6, 6.07) is 19.9. The van der Waals surface area contributed by atoms with E-state index in [4.69, 9.17) is 30.4 Å². The lowest BCUT2D eigenvalue weighted by molar-refractivity contribution is 0.0441. The fourth-order valence-electron chi connectivity index (χ4n) is 2.62. The molecule has 0 aliphatic heterocycles. The number of esters is 2. The molecule has 0 fully saturated rings. The Balaban J connectivity index is 1.31. The molecule has 32 heavy (non-hydrogen) atoms. The van der Waals surface area contributed by atoms with Crippen LogP contribution >= 0.6 is 0 Å². The van der Waals surface area contributed by atoms with Crippen LogP contribution in [0.5, 0.6) is 11.5 Å². The number of benzene rings is 3. The van der Waals surface area contributed by atoms with E-state index >= 15 is 0 Å². The Labute approximate surface area is 185 Å². The van der Waals surface area contributed by atoms with Gasteiger partial charge < -0.3 is 30.4 Å². The number of nitrogen functional groups attached to an aromatic ring is 2. The van der Waals surface area contributed by atoms with Gasteiger partial charge in [0.25, 0.3) is 0 Å². The minimum atomic E-state index is -0.436. The number of rotatable bonds is 10. The Morgan fingerprint density at radius 1 is 0.531 bits per heavy atom. The molecular formula is C24H24N2O6. The topological polar surface area (TPSA) is 123 Å². The van der Waals surface area contributed by atoms with E-state index in [2.05, 4.69) is 0 Å². The average molecular weight is 436 g/mol. The van der Waals surface area contributed by atoms with Crippen molar-refractivity contribution in [3.05, 3.63) is 83.9 Å². The maximum atomic E-state index is 11.9. The van der Waals surface area contributed by atoms with E-state index in [0.717, 1.165) is 0 Å². The van der Waals surface area contributed by atoms with Crippen LogP contribution in [0.3, 0.4) is 0 Å². The highest BCUT2D eigenvalue weighted by Crippen LogP contribution is 2.17. The van der Waals surface area contributed by atoms with E-state index in [1.807, 2.05) is 0 Å². The molecule has 0 bridgehead atoms. The molecule has 0 radical (unpaired) electrons. The van der Waals surface area contributed by atoms with Gasteiger partial charge in [-0.1, -0.05) is 0 Å². The smallest absolute Gasteiger partial charge is 0.338 e. The number of ether oxygens (including phenoxy) is 4. The molecule has 0 heterocycles. The van der Waals surface area contributed by atoms with Crippen LogP contribution in [0.2, 0.25) is 0 Å². The molecule has 0 saturated heterocycles. The van der Waals surface area contributed by atoms with Crippen molar-refractivity contribution in [2.45, 2.75) is 0 Å². The zero-order valence-corrected chi connectivity index (χ0v) is 17.4. The summed E-state index contributed by atoms with van der Waals surface area (Å²) in [7, 11) is 0. The third kappa shape index (κ3) is 6.94. The van der Waals surface area contributed by atoms with Crippen LogP contribution in [0.1, 0.15) is 20.7 Å². The number of anilines is 2. The summed E-state index contributed by atoms with van der Waals surface area (Å²) in [5.74, 6) is 0.343. The van der Waals surface area contributed by atoms with Crippen molar-refractivity contribution in [1.82, 2.24) is 0 Å². The van der Waals surface area contributed by atoms with Gasteiger partial charge in [-0.05, 0) is 72.8 Å². The Bertz CT molecular complexity index is 933. The Morgan fingerprint density at radius 3 is 1.22 bits per heavy atom. The standard InChI is InChI=1S/C24H24N2O6/c25-19-5-1-17(2-6-19)23(27)31-15-13-29-21-9-11-22(12-10-21)30-14-16-32-24(28)18-3-7-20(26)8-4-18/h1-12H,13-16,25-26H2. The third-order valence-electron chi connectivity index (χ3n) is 4.29. The summed E-state index contributed by atoms with van der Waals surface area (Å²) < 4.78 is 21.4. The summed E-state index contributed by atoms with van der Waals surface area (Å²) in [4.78, 5) is 23.8. The van der Waals surface area contributed by atoms with E-state index in [1.54, 1.807) is 72.8 Å². The summed E-state index contributed by atoms with van der Waals surface area (Å²) in [6.07, 6.45) is 0. The van der Waals surface area contributed by atoms with Crippen molar-refractivity contribution < 1.29 is 28.5 Å². The number of carbonyl (C=O) groups is 2. The summed E-state index contributed by atoms with van der Waals surface area (Å²) in [5.41, 5.74) is 13.2. The fourth-order valence-corrected chi connectivity index (χ4v) is 2.62. The molecule has 0 spiro atoms. The summed E-state index contributed by atoms with van der Waals surface area (Å²) in [6.45, 7) is 0.645. The van der Waals surface area contributed by atoms with Gasteiger partial charge in [-0.3, -0.25) is 0 Å². The number of hydrogen-bond acceptors (Lipinski definition) is 8. The molecule has 3 aromatic carbocycles. The quantitative estimate of drug-likeness (QED) is 0.282. The number of hydrogen-bond donors (Lipinski definition) is 2. The van der Waals surface area contributed by atoms with E-state index in [-0.39, 0.29) is 26.4 Å². The van der Waals surface area contributed by atoms with E-state index in [9.17, 15) is 9.59 Å². The Morgan fingerprint density at radius 2 is 0.875 bits per heavy atom. The molecule has 3 rings (SSSR count). The van der Waals surface area contributed by atoms with Crippen LogP contribution in [0.15, 0.2) is 72.8 Å². The molecule has 0 aliphatic rings. The SMILES string of the molecule is Nc1ccc(C(=O)OCCOc2ccc(OCCOC(=O)c3ccc(N)cc3)cc2)cc1. The number of carbonyl (C=O) groups excluding carboxylic acids is 2. The summed E-state index contributed by atoms with van der Waals surface area (Å²) in [5, 5.41) is 0. The molecule has 0 saturated carbocycles. The minimum absolute atomic E-state index is 0.112. The van der Waals surface area contributed by atoms with E-state index < -0.39 is 11.9 Å². The first kappa shape index (κ1) is 22.5. The molecule has 166 valence electrons. The van der Waals surface area contributed by atoms with Crippen LogP contribution in [-0.4, -0.2) is 38.4 Å². The molecule has 0 amide bonds. The zero-order chi connectivity index (χ0) is 22.8. The van der Waals surface area contributed by atoms with Crippen LogP contribution in [-0.2, 0) is 9.47 Å². The van der Waals surface area contributed by atoms with Gasteiger partial charge in [-0.15, -0.1) is 0 Å². The molecule has 0 unspecified atom stereocenters. The second-order valence-electron chi connectivity index (χ2n) is 6.68. The van der Waals surface area contributed by atoms with Gasteiger partial charge in [0, 0.05) is 11.4 Å². The largest absolute Gasteiger partial charge is 0.490 e. The monoisotopic (exact) mass is 436 g/mol. The molecule has 4 N–H and O–H groups in total. The van der Waals surface area contributed by atoms with Crippen molar-refractivity contribution >= 4 is 23.3 Å². The lowest BCUT2D eigenvalue weighted by atomic mass is 10.2. The maximum Gasteiger partial charge on any atom is 0.338 e. The highest BCUT2D eigenvalue weighted by atomic mass is 16.6. The van der Waals surface area contributed by atoms with Gasteiger partial charge in [0.2, 0.25) is 0 Å². The minimum Gasteiger partial charge on any atom is -0.490 e. The first-order valence-corrected chi connectivity index (χ1v) is 9.92. The van der Waals surface area contributed by atoms with Crippen molar-refractivity contribution in [1.29, 1.82) is 0 Å². The van der Waals surface area contributed by atoms with Crippen LogP contribution in [0, 0.1) is 0 Å². The lowest BCUT2D eigenvalue weighted by Gasteiger charge is -2.10. The molecule has 0 atom stereocenters. The van der Waals surface area contributed by atoms with Gasteiger partial charge in [0.15, 0.2) is 0 Å². The van der Waals surface area contributed by atoms with E-state index in [1.165, 1.54) is 0 Å². The third-order valence-corrected chi connectivity index (χ3v) is 4.29. The molecule has 8 heteroatoms. The summed E-state index contributed by atoms with van der Waals surface area (Å²) >= 11 is 0. The highest BCUT2D eigenvalue weighted by molar-refractivity contribution is 5.90. The average Bonchev–Trinajstić information content (AvgIpc) is 2.81. The Hall–Kier alpha value is -4.20. The predicted molar refractivity (Wildman–Crippen MR) is 120 cm³/mol. The van der Waals surface area contributed by atoms with E-state index in [0.29, 0.717) is 34.0 Å². The predicted octanol–water partition coefficient (Wildman–Crippen LogP) is 3.32. The number of nitrogens with two attached hydrogens (primary N) is 2. The fraction of sp³-hybridized carbons (Fsp3) is 0.167.